The number of aromatic nitrogens is 1. The predicted octanol–water partition coefficient (Wildman–Crippen LogP) is 6.96. The van der Waals surface area contributed by atoms with Crippen LogP contribution in [-0.2, 0) is 11.2 Å². The topological polar surface area (TPSA) is 50.2 Å². The molecule has 0 bridgehead atoms. The summed E-state index contributed by atoms with van der Waals surface area (Å²) in [6.45, 7) is 0. The van der Waals surface area contributed by atoms with Crippen LogP contribution < -0.4 is 10.7 Å². The third-order valence-corrected chi connectivity index (χ3v) is 15.5. The maximum atomic E-state index is 11.1. The molecule has 0 saturated heterocycles. The first-order valence-electron chi connectivity index (χ1n) is 13.1. The van der Waals surface area contributed by atoms with Gasteiger partial charge in [0.05, 0.1) is 12.1 Å². The molecular weight excluding hydrogens is 653 g/mol. The Labute approximate surface area is 256 Å². The fourth-order valence-corrected chi connectivity index (χ4v) is 13.0. The second-order valence-corrected chi connectivity index (χ2v) is 17.8. The monoisotopic (exact) mass is 680 g/mol. The van der Waals surface area contributed by atoms with Gasteiger partial charge in [-0.15, -0.1) is 11.3 Å². The number of hydrogen-bond acceptors (Lipinski definition) is 3. The predicted molar refractivity (Wildman–Crippen MR) is 173 cm³/mol. The summed E-state index contributed by atoms with van der Waals surface area (Å²) < 4.78 is 4.59. The third kappa shape index (κ3) is 7.73. The molecule has 1 N–H and O–H groups in total. The van der Waals surface area contributed by atoms with Gasteiger partial charge in [0.25, 0.3) is 0 Å². The molecule has 6 rings (SSSR count). The average Bonchev–Trinajstić information content (AvgIpc) is 3.43. The van der Waals surface area contributed by atoms with Crippen molar-refractivity contribution in [2.75, 3.05) is 0 Å². The van der Waals surface area contributed by atoms with Gasteiger partial charge >= 0.3 is 127 Å². The summed E-state index contributed by atoms with van der Waals surface area (Å²) in [7, 11) is 0. The molecule has 1 aromatic heterocycles. The van der Waals surface area contributed by atoms with Crippen molar-refractivity contribution in [2.45, 2.75) is 6.42 Å². The van der Waals surface area contributed by atoms with E-state index in [0.717, 1.165) is 21.0 Å². The first-order chi connectivity index (χ1) is 20.1. The van der Waals surface area contributed by atoms with E-state index in [1.54, 1.807) is 12.1 Å². The molecule has 1 heterocycles. The van der Waals surface area contributed by atoms with Crippen LogP contribution >= 0.6 is 22.9 Å². The van der Waals surface area contributed by atoms with Gasteiger partial charge in [0.2, 0.25) is 0 Å². The number of nitrogens with zero attached hydrogens (tertiary/aromatic N) is 1. The number of hydrogen-bond donors (Lipinski definition) is 1. The van der Waals surface area contributed by atoms with Crippen LogP contribution in [0.1, 0.15) is 4.88 Å². The Bertz CT molecular complexity index is 1580. The summed E-state index contributed by atoms with van der Waals surface area (Å²) in [5.74, 6) is -0.863. The third-order valence-electron chi connectivity index (χ3n) is 6.33. The second-order valence-electron chi connectivity index (χ2n) is 9.21. The van der Waals surface area contributed by atoms with Gasteiger partial charge < -0.3 is 5.11 Å². The molecule has 5 aromatic carbocycles. The average molecular weight is 680 g/mol. The van der Waals surface area contributed by atoms with Crippen LogP contribution in [0.3, 0.4) is 0 Å². The number of benzene rings is 5. The Balaban J connectivity index is 0.000000166. The number of halogens is 1. The minimum absolute atomic E-state index is 0.0392. The quantitative estimate of drug-likeness (QED) is 0.186. The van der Waals surface area contributed by atoms with Crippen molar-refractivity contribution < 1.29 is 9.90 Å². The van der Waals surface area contributed by atoms with Crippen LogP contribution in [-0.4, -0.2) is 35.8 Å². The summed E-state index contributed by atoms with van der Waals surface area (Å²) in [5.41, 5.74) is 2.57. The number of carboxylic acid groups (broad SMARTS) is 1. The zero-order valence-electron chi connectivity index (χ0n) is 22.2. The molecule has 0 atom stereocenters. The van der Waals surface area contributed by atoms with Crippen LogP contribution in [0, 0.1) is 0 Å². The van der Waals surface area contributed by atoms with Crippen molar-refractivity contribution in [3.8, 4) is 21.8 Å². The van der Waals surface area contributed by atoms with Crippen molar-refractivity contribution >= 4 is 59.4 Å². The molecule has 0 fully saturated rings. The van der Waals surface area contributed by atoms with Gasteiger partial charge in [-0.2, -0.15) is 0 Å². The van der Waals surface area contributed by atoms with E-state index in [-0.39, 0.29) is 6.42 Å². The van der Waals surface area contributed by atoms with Gasteiger partial charge in [-0.1, -0.05) is 54.1 Å². The van der Waals surface area contributed by atoms with E-state index in [1.807, 2.05) is 42.5 Å². The molecule has 41 heavy (non-hydrogen) atoms. The number of rotatable bonds is 7. The Morgan fingerprint density at radius 3 is 1.51 bits per heavy atom. The van der Waals surface area contributed by atoms with E-state index in [0.29, 0.717) is 10.7 Å². The molecule has 0 saturated carbocycles. The molecule has 0 amide bonds. The molecule has 3 nitrogen and oxygen atoms in total. The van der Waals surface area contributed by atoms with Crippen LogP contribution in [0.2, 0.25) is 5.02 Å². The van der Waals surface area contributed by atoms with Crippen LogP contribution in [0.5, 0.6) is 0 Å². The zero-order chi connectivity index (χ0) is 28.4. The van der Waals surface area contributed by atoms with Crippen LogP contribution in [0.25, 0.3) is 21.8 Å². The van der Waals surface area contributed by atoms with E-state index in [4.69, 9.17) is 16.7 Å². The van der Waals surface area contributed by atoms with Crippen molar-refractivity contribution in [2.24, 2.45) is 0 Å². The first kappa shape index (κ1) is 28.8. The van der Waals surface area contributed by atoms with Crippen molar-refractivity contribution in [3.63, 3.8) is 0 Å². The van der Waals surface area contributed by atoms with E-state index in [1.165, 1.54) is 22.1 Å². The van der Waals surface area contributed by atoms with Crippen LogP contribution in [0.4, 0.5) is 0 Å². The van der Waals surface area contributed by atoms with E-state index in [2.05, 4.69) is 96.0 Å². The Morgan fingerprint density at radius 1 is 0.634 bits per heavy atom. The Kier molecular flexibility index (Phi) is 10.0. The normalized spacial score (nSPS) is 10.6. The van der Waals surface area contributed by atoms with Gasteiger partial charge in [0.15, 0.2) is 0 Å². The molecule has 0 aliphatic rings. The molecule has 6 aromatic rings. The summed E-state index contributed by atoms with van der Waals surface area (Å²) in [4.78, 5) is 16.5. The van der Waals surface area contributed by atoms with Gasteiger partial charge in [0, 0.05) is 21.0 Å². The number of carbonyl (C=O) groups is 1. The number of thiazole rings is 1. The maximum absolute atomic E-state index is 11.1. The molecule has 0 aliphatic carbocycles. The first-order valence-corrected chi connectivity index (χ1v) is 18.6. The van der Waals surface area contributed by atoms with E-state index in [9.17, 15) is 4.79 Å². The van der Waals surface area contributed by atoms with Gasteiger partial charge in [0.1, 0.15) is 5.01 Å². The van der Waals surface area contributed by atoms with Crippen molar-refractivity contribution in [3.05, 3.63) is 155 Å². The fraction of sp³-hybridized carbons (Fsp3) is 0.0286. The van der Waals surface area contributed by atoms with Crippen LogP contribution in [0.15, 0.2) is 146 Å². The molecule has 1 radical (unpaired) electrons. The zero-order valence-corrected chi connectivity index (χ0v) is 26.6. The Morgan fingerprint density at radius 2 is 1.07 bits per heavy atom. The SMILES string of the molecule is O=C(O)Cc1sc(-c2ccccc2)nc1-c1ccc(Cl)cc1.c1cc[c]([Sn]([c]2ccccc2)[c]2ccccc2)cc1. The van der Waals surface area contributed by atoms with Crippen molar-refractivity contribution in [1.82, 2.24) is 4.98 Å². The molecule has 6 heteroatoms. The number of aliphatic carboxylic acids is 1. The molecule has 0 unspecified atom stereocenters. The van der Waals surface area contributed by atoms with Gasteiger partial charge in [-0.25, -0.2) is 4.98 Å². The van der Waals surface area contributed by atoms with Gasteiger partial charge in [-0.05, 0) is 12.1 Å². The summed E-state index contributed by atoms with van der Waals surface area (Å²) in [6.07, 6.45) is -0.0392. The summed E-state index contributed by atoms with van der Waals surface area (Å²) >= 11 is 5.35. The molecular formula is C35H27ClNO2SSn. The van der Waals surface area contributed by atoms with Gasteiger partial charge in [-0.3, -0.25) is 4.79 Å². The fourth-order valence-electron chi connectivity index (χ4n) is 4.46. The minimum atomic E-state index is -1.98. The van der Waals surface area contributed by atoms with E-state index >= 15 is 0 Å². The molecule has 0 aliphatic heterocycles. The number of carboxylic acids is 1. The summed E-state index contributed by atoms with van der Waals surface area (Å²) in [6, 6.07) is 50.0. The standard InChI is InChI=1S/C17H12ClNO2S.3C6H5.Sn/c18-13-8-6-11(7-9-13)16-14(10-15(20)21)22-17(19-16)12-4-2-1-3-5-12;3*1-2-4-6-5-3-1;/h1-9H,10H2,(H,20,21);3*1-5H;. The second kappa shape index (κ2) is 14.3. The Hall–Kier alpha value is -3.71. The summed E-state index contributed by atoms with van der Waals surface area (Å²) in [5, 5.41) is 10.6. The molecule has 201 valence electrons. The van der Waals surface area contributed by atoms with E-state index < -0.39 is 25.7 Å². The molecule has 0 spiro atoms. The van der Waals surface area contributed by atoms with Crippen molar-refractivity contribution in [1.29, 1.82) is 0 Å².